The summed E-state index contributed by atoms with van der Waals surface area (Å²) in [6.45, 7) is 0. The van der Waals surface area contributed by atoms with E-state index in [2.05, 4.69) is 248 Å². The van der Waals surface area contributed by atoms with Crippen molar-refractivity contribution >= 4 is 22.6 Å². The quantitative estimate of drug-likeness (QED) is 0.148. The third-order valence-electron chi connectivity index (χ3n) is 14.7. The Hall–Kier alpha value is -7.22. The Morgan fingerprint density at radius 1 is 0.492 bits per heavy atom. The van der Waals surface area contributed by atoms with Crippen molar-refractivity contribution in [3.8, 4) is 0 Å². The molecule has 7 aromatic rings. The van der Waals surface area contributed by atoms with Crippen molar-refractivity contribution in [2.75, 3.05) is 4.90 Å². The lowest BCUT2D eigenvalue weighted by Crippen LogP contribution is -2.35. The largest absolute Gasteiger partial charge is 0.310 e. The van der Waals surface area contributed by atoms with Gasteiger partial charge >= 0.3 is 0 Å². The van der Waals surface area contributed by atoms with E-state index in [0.29, 0.717) is 5.92 Å². The van der Waals surface area contributed by atoms with Crippen molar-refractivity contribution in [2.24, 2.45) is 5.92 Å². The molecule has 0 saturated carbocycles. The number of allylic oxidation sites excluding steroid dienone is 12. The van der Waals surface area contributed by atoms with E-state index in [0.717, 1.165) is 30.6 Å². The van der Waals surface area contributed by atoms with Crippen molar-refractivity contribution in [3.63, 3.8) is 0 Å². The van der Waals surface area contributed by atoms with Crippen molar-refractivity contribution in [2.45, 2.75) is 41.9 Å². The zero-order valence-corrected chi connectivity index (χ0v) is 35.4. The highest BCUT2D eigenvalue weighted by Gasteiger charge is 2.54. The van der Waals surface area contributed by atoms with E-state index in [1.807, 2.05) is 0 Å². The van der Waals surface area contributed by atoms with Gasteiger partial charge in [-0.2, -0.15) is 0 Å². The molecule has 0 bridgehead atoms. The topological polar surface area (TPSA) is 3.24 Å². The van der Waals surface area contributed by atoms with Crippen LogP contribution in [0.2, 0.25) is 0 Å². The van der Waals surface area contributed by atoms with Gasteiger partial charge in [0.05, 0.1) is 16.5 Å². The van der Waals surface area contributed by atoms with Crippen molar-refractivity contribution in [1.29, 1.82) is 0 Å². The number of para-hydroxylation sites is 1. The van der Waals surface area contributed by atoms with Gasteiger partial charge in [0, 0.05) is 34.7 Å². The second-order valence-electron chi connectivity index (χ2n) is 17.7. The first-order chi connectivity index (χ1) is 31.3. The average molecular weight is 808 g/mol. The first-order valence-electron chi connectivity index (χ1n) is 22.8. The Balaban J connectivity index is 1.15. The predicted octanol–water partition coefficient (Wildman–Crippen LogP) is 15.4. The number of anilines is 3. The van der Waals surface area contributed by atoms with E-state index in [4.69, 9.17) is 0 Å². The Morgan fingerprint density at radius 3 is 1.73 bits per heavy atom. The maximum Gasteiger partial charge on any atom is 0.0674 e. The SMILES string of the molecule is C1=CCC2C(=C1)C(c1ccccc1)(c1ccccc1)c1cc(N(c3ccc4c(c3)C(c3ccccc3)(c3ccccc3)C3C=CC=CC43)c3ccccc3C3=CCCC=C3)ccc12. The summed E-state index contributed by atoms with van der Waals surface area (Å²) in [6.07, 6.45) is 26.6. The normalized spacial score (nSPS) is 20.5. The third kappa shape index (κ3) is 5.69. The number of benzene rings is 7. The Kier molecular flexibility index (Phi) is 9.11. The Bertz CT molecular complexity index is 2960. The van der Waals surface area contributed by atoms with Crippen LogP contribution in [0.4, 0.5) is 17.1 Å². The molecule has 3 unspecified atom stereocenters. The fourth-order valence-electron chi connectivity index (χ4n) is 12.2. The first-order valence-corrected chi connectivity index (χ1v) is 22.8. The Morgan fingerprint density at radius 2 is 1.08 bits per heavy atom. The summed E-state index contributed by atoms with van der Waals surface area (Å²) in [4.78, 5) is 2.57. The van der Waals surface area contributed by atoms with E-state index in [-0.39, 0.29) is 11.8 Å². The number of rotatable bonds is 8. The second-order valence-corrected chi connectivity index (χ2v) is 17.7. The third-order valence-corrected chi connectivity index (χ3v) is 14.7. The van der Waals surface area contributed by atoms with Crippen LogP contribution in [-0.4, -0.2) is 0 Å². The van der Waals surface area contributed by atoms with Crippen LogP contribution in [-0.2, 0) is 10.8 Å². The molecule has 0 saturated heterocycles. The van der Waals surface area contributed by atoms with Gasteiger partial charge in [-0.25, -0.2) is 0 Å². The second kappa shape index (κ2) is 15.3. The molecular formula is C62H49N. The lowest BCUT2D eigenvalue weighted by molar-refractivity contribution is 0.457. The lowest BCUT2D eigenvalue weighted by atomic mass is 9.63. The van der Waals surface area contributed by atoms with Crippen LogP contribution in [0.5, 0.6) is 0 Å². The molecule has 0 aromatic heterocycles. The van der Waals surface area contributed by atoms with E-state index in [9.17, 15) is 0 Å². The van der Waals surface area contributed by atoms with Crippen LogP contribution in [0.3, 0.4) is 0 Å². The molecule has 3 atom stereocenters. The highest BCUT2D eigenvalue weighted by atomic mass is 15.1. The van der Waals surface area contributed by atoms with Gasteiger partial charge in [-0.05, 0) is 105 Å². The van der Waals surface area contributed by atoms with E-state index in [1.54, 1.807) is 0 Å². The van der Waals surface area contributed by atoms with Crippen molar-refractivity contribution < 1.29 is 0 Å². The number of hydrogen-bond acceptors (Lipinski definition) is 1. The van der Waals surface area contributed by atoms with Gasteiger partial charge in [0.2, 0.25) is 0 Å². The summed E-state index contributed by atoms with van der Waals surface area (Å²) >= 11 is 0. The number of fused-ring (bicyclic) bond motifs is 6. The summed E-state index contributed by atoms with van der Waals surface area (Å²) in [5.74, 6) is 0.762. The molecule has 0 spiro atoms. The first kappa shape index (κ1) is 37.5. The predicted molar refractivity (Wildman–Crippen MR) is 262 cm³/mol. The highest BCUT2D eigenvalue weighted by molar-refractivity contribution is 5.90. The molecule has 7 aromatic carbocycles. The molecule has 0 amide bonds. The van der Waals surface area contributed by atoms with Crippen LogP contribution in [0.1, 0.15) is 81.2 Å². The summed E-state index contributed by atoms with van der Waals surface area (Å²) in [6, 6.07) is 68.9. The van der Waals surface area contributed by atoms with Crippen LogP contribution < -0.4 is 4.90 Å². The van der Waals surface area contributed by atoms with Gasteiger partial charge in [0.25, 0.3) is 0 Å². The number of hydrogen-bond donors (Lipinski definition) is 0. The molecule has 1 nitrogen and oxygen atoms in total. The molecule has 0 heterocycles. The van der Waals surface area contributed by atoms with Gasteiger partial charge in [-0.15, -0.1) is 0 Å². The van der Waals surface area contributed by atoms with Gasteiger partial charge in [-0.3, -0.25) is 0 Å². The maximum absolute atomic E-state index is 2.57. The molecule has 5 aliphatic carbocycles. The van der Waals surface area contributed by atoms with Crippen molar-refractivity contribution in [1.82, 2.24) is 0 Å². The molecular weight excluding hydrogens is 759 g/mol. The van der Waals surface area contributed by atoms with Crippen LogP contribution >= 0.6 is 0 Å². The summed E-state index contributed by atoms with van der Waals surface area (Å²) in [7, 11) is 0. The molecule has 302 valence electrons. The van der Waals surface area contributed by atoms with E-state index in [1.165, 1.54) is 66.9 Å². The smallest absolute Gasteiger partial charge is 0.0674 e. The maximum atomic E-state index is 2.57. The minimum atomic E-state index is -0.453. The van der Waals surface area contributed by atoms with Crippen LogP contribution in [0.15, 0.2) is 248 Å². The van der Waals surface area contributed by atoms with Crippen LogP contribution in [0.25, 0.3) is 5.57 Å². The van der Waals surface area contributed by atoms with E-state index < -0.39 is 10.8 Å². The molecule has 0 aliphatic heterocycles. The zero-order chi connectivity index (χ0) is 41.8. The zero-order valence-electron chi connectivity index (χ0n) is 35.4. The Labute approximate surface area is 372 Å². The van der Waals surface area contributed by atoms with Crippen LogP contribution in [0, 0.1) is 5.92 Å². The molecule has 0 radical (unpaired) electrons. The lowest BCUT2D eigenvalue weighted by Gasteiger charge is -2.39. The fourth-order valence-corrected chi connectivity index (χ4v) is 12.2. The molecule has 63 heavy (non-hydrogen) atoms. The minimum Gasteiger partial charge on any atom is -0.310 e. The fraction of sp³-hybridized carbons (Fsp3) is 0.129. The van der Waals surface area contributed by atoms with Gasteiger partial charge in [-0.1, -0.05) is 212 Å². The molecule has 0 fully saturated rings. The summed E-state index contributed by atoms with van der Waals surface area (Å²) in [5, 5.41) is 0. The molecule has 5 aliphatic rings. The average Bonchev–Trinajstić information content (AvgIpc) is 3.83. The number of nitrogens with zero attached hydrogens (tertiary/aromatic N) is 1. The molecule has 1 heteroatoms. The monoisotopic (exact) mass is 807 g/mol. The summed E-state index contributed by atoms with van der Waals surface area (Å²) < 4.78 is 0. The van der Waals surface area contributed by atoms with E-state index >= 15 is 0 Å². The summed E-state index contributed by atoms with van der Waals surface area (Å²) in [5.41, 5.74) is 17.4. The minimum absolute atomic E-state index is 0.221. The standard InChI is InChI=1S/C62H49N/c1-6-22-44(23-7-1)51-32-18-21-37-60(51)63(49-38-40-54-52-33-16-19-35-56(52)61(58(54)42-49,45-24-8-2-9-25-45)46-26-10-3-11-27-46)50-39-41-55-53-34-17-20-36-57(53)62(59(55)43-50,47-28-12-4-13-29-47)48-30-14-5-15-31-48/h2-6,8-33,35-43,52-53,56H,1,7,34H2. The van der Waals surface area contributed by atoms with Gasteiger partial charge in [0.1, 0.15) is 0 Å². The molecule has 0 N–H and O–H groups in total. The van der Waals surface area contributed by atoms with Gasteiger partial charge < -0.3 is 4.90 Å². The molecule has 12 rings (SSSR count). The highest BCUT2D eigenvalue weighted by Crippen LogP contribution is 2.62. The van der Waals surface area contributed by atoms with Gasteiger partial charge in [0.15, 0.2) is 0 Å². The van der Waals surface area contributed by atoms with Crippen molar-refractivity contribution in [3.05, 3.63) is 298 Å².